The Hall–Kier alpha value is -3.47. The Labute approximate surface area is 189 Å². The lowest BCUT2D eigenvalue weighted by atomic mass is 10.0. The molecule has 0 saturated heterocycles. The summed E-state index contributed by atoms with van der Waals surface area (Å²) in [4.78, 5) is 28.1. The van der Waals surface area contributed by atoms with E-state index in [4.69, 9.17) is 0 Å². The molecule has 1 N–H and O–H groups in total. The zero-order valence-corrected chi connectivity index (χ0v) is 18.3. The molecule has 3 aromatic carbocycles. The standard InChI is InChI=1S/C27H29FN2O2/c1-2-9-25(31)30(20-22-14-16-24(28)17-15-22)26(23-12-7-4-8-13-23)27(32)29-19-18-21-10-5-3-6-11-21/h3-8,10-17,26H,2,9,18-20H2,1H3,(H,29,32)/t26-/m1/s1. The fourth-order valence-electron chi connectivity index (χ4n) is 3.65. The summed E-state index contributed by atoms with van der Waals surface area (Å²) in [7, 11) is 0. The summed E-state index contributed by atoms with van der Waals surface area (Å²) in [5.74, 6) is -0.666. The number of hydrogen-bond donors (Lipinski definition) is 1. The second kappa shape index (κ2) is 11.8. The van der Waals surface area contributed by atoms with Crippen LogP contribution in [0.3, 0.4) is 0 Å². The largest absolute Gasteiger partial charge is 0.354 e. The Morgan fingerprint density at radius 1 is 0.875 bits per heavy atom. The molecule has 0 spiro atoms. The number of halogens is 1. The normalized spacial score (nSPS) is 11.6. The summed E-state index contributed by atoms with van der Waals surface area (Å²) in [6.07, 6.45) is 1.71. The highest BCUT2D eigenvalue weighted by Crippen LogP contribution is 2.25. The van der Waals surface area contributed by atoms with Crippen molar-refractivity contribution in [2.45, 2.75) is 38.8 Å². The van der Waals surface area contributed by atoms with Gasteiger partial charge in [-0.25, -0.2) is 4.39 Å². The van der Waals surface area contributed by atoms with Gasteiger partial charge in [0.15, 0.2) is 0 Å². The van der Waals surface area contributed by atoms with Gasteiger partial charge in [0, 0.05) is 19.5 Å². The maximum Gasteiger partial charge on any atom is 0.247 e. The van der Waals surface area contributed by atoms with Crippen molar-refractivity contribution < 1.29 is 14.0 Å². The Kier molecular flexibility index (Phi) is 8.55. The van der Waals surface area contributed by atoms with Gasteiger partial charge in [0.25, 0.3) is 0 Å². The zero-order valence-electron chi connectivity index (χ0n) is 18.3. The quantitative estimate of drug-likeness (QED) is 0.487. The van der Waals surface area contributed by atoms with E-state index in [0.717, 1.165) is 16.7 Å². The van der Waals surface area contributed by atoms with Gasteiger partial charge in [-0.2, -0.15) is 0 Å². The molecule has 0 aliphatic heterocycles. The van der Waals surface area contributed by atoms with E-state index in [9.17, 15) is 14.0 Å². The van der Waals surface area contributed by atoms with Crippen LogP contribution in [0.4, 0.5) is 4.39 Å². The Balaban J connectivity index is 1.84. The first-order valence-corrected chi connectivity index (χ1v) is 11.0. The Morgan fingerprint density at radius 3 is 2.12 bits per heavy atom. The van der Waals surface area contributed by atoms with Crippen molar-refractivity contribution in [1.29, 1.82) is 0 Å². The minimum Gasteiger partial charge on any atom is -0.354 e. The minimum absolute atomic E-state index is 0.108. The second-order valence-electron chi connectivity index (χ2n) is 7.74. The van der Waals surface area contributed by atoms with Crippen molar-refractivity contribution in [2.75, 3.05) is 6.54 Å². The number of carbonyl (C=O) groups is 2. The zero-order chi connectivity index (χ0) is 22.8. The fraction of sp³-hybridized carbons (Fsp3) is 0.259. The number of nitrogens with zero attached hydrogens (tertiary/aromatic N) is 1. The van der Waals surface area contributed by atoms with Crippen molar-refractivity contribution >= 4 is 11.8 Å². The van der Waals surface area contributed by atoms with Crippen molar-refractivity contribution in [3.63, 3.8) is 0 Å². The third-order valence-corrected chi connectivity index (χ3v) is 5.28. The van der Waals surface area contributed by atoms with Gasteiger partial charge < -0.3 is 10.2 Å². The van der Waals surface area contributed by atoms with Gasteiger partial charge in [-0.1, -0.05) is 79.7 Å². The first-order valence-electron chi connectivity index (χ1n) is 11.0. The number of carbonyl (C=O) groups excluding carboxylic acids is 2. The lowest BCUT2D eigenvalue weighted by Gasteiger charge is -2.31. The predicted molar refractivity (Wildman–Crippen MR) is 124 cm³/mol. The van der Waals surface area contributed by atoms with Gasteiger partial charge in [-0.3, -0.25) is 9.59 Å². The number of rotatable bonds is 10. The molecule has 0 fully saturated rings. The van der Waals surface area contributed by atoms with Gasteiger partial charge in [0.2, 0.25) is 11.8 Å². The average molecular weight is 433 g/mol. The Bertz CT molecular complexity index is 991. The highest BCUT2D eigenvalue weighted by Gasteiger charge is 2.30. The van der Waals surface area contributed by atoms with E-state index >= 15 is 0 Å². The molecule has 5 heteroatoms. The molecule has 3 rings (SSSR count). The number of nitrogens with one attached hydrogen (secondary N) is 1. The molecular formula is C27H29FN2O2. The maximum atomic E-state index is 13.4. The average Bonchev–Trinajstić information content (AvgIpc) is 2.81. The predicted octanol–water partition coefficient (Wildman–Crippen LogP) is 5.05. The monoisotopic (exact) mass is 432 g/mol. The van der Waals surface area contributed by atoms with E-state index in [-0.39, 0.29) is 24.2 Å². The molecule has 166 valence electrons. The van der Waals surface area contributed by atoms with Crippen LogP contribution in [-0.4, -0.2) is 23.3 Å². The maximum absolute atomic E-state index is 13.4. The molecule has 0 bridgehead atoms. The summed E-state index contributed by atoms with van der Waals surface area (Å²) in [6.45, 7) is 2.63. The molecule has 0 aromatic heterocycles. The van der Waals surface area contributed by atoms with Gasteiger partial charge in [0.05, 0.1) is 0 Å². The van der Waals surface area contributed by atoms with Crippen molar-refractivity contribution in [3.05, 3.63) is 107 Å². The van der Waals surface area contributed by atoms with Crippen molar-refractivity contribution in [1.82, 2.24) is 10.2 Å². The van der Waals surface area contributed by atoms with E-state index in [0.29, 0.717) is 25.8 Å². The van der Waals surface area contributed by atoms with E-state index in [2.05, 4.69) is 5.32 Å². The highest BCUT2D eigenvalue weighted by atomic mass is 19.1. The third-order valence-electron chi connectivity index (χ3n) is 5.28. The lowest BCUT2D eigenvalue weighted by Crippen LogP contribution is -2.43. The van der Waals surface area contributed by atoms with Crippen molar-refractivity contribution in [2.24, 2.45) is 0 Å². The summed E-state index contributed by atoms with van der Waals surface area (Å²) in [5, 5.41) is 3.01. The van der Waals surface area contributed by atoms with Crippen molar-refractivity contribution in [3.8, 4) is 0 Å². The summed E-state index contributed by atoms with van der Waals surface area (Å²) >= 11 is 0. The minimum atomic E-state index is -0.768. The van der Waals surface area contributed by atoms with Gasteiger partial charge >= 0.3 is 0 Å². The van der Waals surface area contributed by atoms with Crippen LogP contribution in [0.15, 0.2) is 84.9 Å². The van der Waals surface area contributed by atoms with Crippen LogP contribution in [0.1, 0.15) is 42.5 Å². The smallest absolute Gasteiger partial charge is 0.247 e. The van der Waals surface area contributed by atoms with Gasteiger partial charge in [0.1, 0.15) is 11.9 Å². The van der Waals surface area contributed by atoms with Crippen LogP contribution >= 0.6 is 0 Å². The number of hydrogen-bond acceptors (Lipinski definition) is 2. The molecule has 0 heterocycles. The fourth-order valence-corrected chi connectivity index (χ4v) is 3.65. The molecule has 2 amide bonds. The topological polar surface area (TPSA) is 49.4 Å². The summed E-state index contributed by atoms with van der Waals surface area (Å²) < 4.78 is 13.4. The van der Waals surface area contributed by atoms with E-state index in [1.807, 2.05) is 67.6 Å². The molecule has 0 radical (unpaired) electrons. The first-order chi connectivity index (χ1) is 15.6. The molecule has 1 atom stereocenters. The van der Waals surface area contributed by atoms with Gasteiger partial charge in [-0.05, 0) is 41.7 Å². The summed E-state index contributed by atoms with van der Waals surface area (Å²) in [5.41, 5.74) is 2.65. The van der Waals surface area contributed by atoms with Crippen LogP contribution in [0.5, 0.6) is 0 Å². The number of benzene rings is 3. The number of amides is 2. The van der Waals surface area contributed by atoms with E-state index in [1.165, 1.54) is 12.1 Å². The lowest BCUT2D eigenvalue weighted by molar-refractivity contribution is -0.141. The molecule has 0 aliphatic carbocycles. The molecule has 0 saturated carbocycles. The van der Waals surface area contributed by atoms with Crippen LogP contribution in [-0.2, 0) is 22.6 Å². The van der Waals surface area contributed by atoms with Gasteiger partial charge in [-0.15, -0.1) is 0 Å². The molecule has 0 unspecified atom stereocenters. The third kappa shape index (κ3) is 6.51. The molecule has 0 aliphatic rings. The molecule has 4 nitrogen and oxygen atoms in total. The van der Waals surface area contributed by atoms with Crippen LogP contribution < -0.4 is 5.32 Å². The SMILES string of the molecule is CCCC(=O)N(Cc1ccc(F)cc1)[C@@H](C(=O)NCCc1ccccc1)c1ccccc1. The molecular weight excluding hydrogens is 403 g/mol. The second-order valence-corrected chi connectivity index (χ2v) is 7.74. The van der Waals surface area contributed by atoms with E-state index in [1.54, 1.807) is 17.0 Å². The van der Waals surface area contributed by atoms with Crippen LogP contribution in [0, 0.1) is 5.82 Å². The van der Waals surface area contributed by atoms with Crippen LogP contribution in [0.2, 0.25) is 0 Å². The highest BCUT2D eigenvalue weighted by molar-refractivity contribution is 5.88. The first kappa shape index (κ1) is 23.2. The van der Waals surface area contributed by atoms with Crippen LogP contribution in [0.25, 0.3) is 0 Å². The summed E-state index contributed by atoms with van der Waals surface area (Å²) in [6, 6.07) is 24.5. The van der Waals surface area contributed by atoms with E-state index < -0.39 is 6.04 Å². The molecule has 32 heavy (non-hydrogen) atoms. The molecule has 3 aromatic rings. The Morgan fingerprint density at radius 2 is 1.50 bits per heavy atom.